The average Bonchev–Trinajstić information content (AvgIpc) is 2.60. The topological polar surface area (TPSA) is 152 Å². The van der Waals surface area contributed by atoms with Gasteiger partial charge in [0.2, 0.25) is 0 Å². The minimum atomic E-state index is -1.71. The number of aliphatic carboxylic acids is 4. The summed E-state index contributed by atoms with van der Waals surface area (Å²) < 4.78 is 0. The first-order chi connectivity index (χ1) is 9.18. The lowest BCUT2D eigenvalue weighted by Crippen LogP contribution is -2.48. The summed E-state index contributed by atoms with van der Waals surface area (Å²) in [5.74, 6) is -9.55. The molecule has 1 rings (SSSR count). The molecule has 0 aromatic rings. The molecule has 0 aliphatic carbocycles. The van der Waals surface area contributed by atoms with Crippen LogP contribution in [-0.2, 0) is 19.2 Å². The second-order valence-corrected chi connectivity index (χ2v) is 4.69. The second-order valence-electron chi connectivity index (χ2n) is 4.69. The summed E-state index contributed by atoms with van der Waals surface area (Å²) in [6.45, 7) is 0. The Labute approximate surface area is 113 Å². The molecule has 0 radical (unpaired) electrons. The lowest BCUT2D eigenvalue weighted by Gasteiger charge is -2.29. The third-order valence-electron chi connectivity index (χ3n) is 3.64. The van der Waals surface area contributed by atoms with Gasteiger partial charge in [-0.2, -0.15) is 0 Å². The number of rotatable bonds is 6. The first kappa shape index (κ1) is 15.9. The highest BCUT2D eigenvalue weighted by atomic mass is 16.4. The van der Waals surface area contributed by atoms with Crippen LogP contribution in [0.25, 0.3) is 0 Å². The first-order valence-electron chi connectivity index (χ1n) is 5.81. The number of likely N-dealkylation sites (tertiary alicyclic amines) is 1. The predicted molar refractivity (Wildman–Crippen MR) is 62.1 cm³/mol. The van der Waals surface area contributed by atoms with Crippen molar-refractivity contribution in [1.82, 2.24) is 4.90 Å². The molecule has 0 saturated carbocycles. The van der Waals surface area contributed by atoms with E-state index >= 15 is 0 Å². The van der Waals surface area contributed by atoms with Crippen molar-refractivity contribution in [1.29, 1.82) is 0 Å². The summed E-state index contributed by atoms with van der Waals surface area (Å²) >= 11 is 0. The fourth-order valence-corrected chi connectivity index (χ4v) is 2.67. The van der Waals surface area contributed by atoms with E-state index in [9.17, 15) is 19.2 Å². The molecule has 1 aliphatic rings. The maximum Gasteiger partial charge on any atom is 0.319 e. The van der Waals surface area contributed by atoms with Crippen LogP contribution in [0, 0.1) is 11.8 Å². The van der Waals surface area contributed by atoms with Gasteiger partial charge in [-0.1, -0.05) is 0 Å². The molecule has 9 nitrogen and oxygen atoms in total. The summed E-state index contributed by atoms with van der Waals surface area (Å²) in [7, 11) is 1.35. The van der Waals surface area contributed by atoms with Crippen molar-refractivity contribution in [2.45, 2.75) is 24.9 Å². The van der Waals surface area contributed by atoms with E-state index in [1.54, 1.807) is 0 Å². The lowest BCUT2D eigenvalue weighted by molar-refractivity contribution is -0.158. The molecule has 1 aliphatic heterocycles. The zero-order valence-corrected chi connectivity index (χ0v) is 10.6. The summed E-state index contributed by atoms with van der Waals surface area (Å²) in [6.07, 6.45) is 0.225. The minimum Gasteiger partial charge on any atom is -0.481 e. The maximum absolute atomic E-state index is 11.0. The molecule has 2 unspecified atom stereocenters. The van der Waals surface area contributed by atoms with Crippen LogP contribution >= 0.6 is 0 Å². The van der Waals surface area contributed by atoms with E-state index in [0.717, 1.165) is 0 Å². The third-order valence-corrected chi connectivity index (χ3v) is 3.64. The Hall–Kier alpha value is -2.16. The number of carbonyl (C=O) groups is 4. The molecule has 0 aromatic heterocycles. The van der Waals surface area contributed by atoms with E-state index < -0.39 is 47.8 Å². The molecule has 1 saturated heterocycles. The lowest BCUT2D eigenvalue weighted by atomic mass is 9.97. The molecule has 2 atom stereocenters. The van der Waals surface area contributed by atoms with E-state index in [0.29, 0.717) is 0 Å². The van der Waals surface area contributed by atoms with Crippen LogP contribution in [0.3, 0.4) is 0 Å². The Balaban J connectivity index is 2.99. The van der Waals surface area contributed by atoms with Crippen molar-refractivity contribution in [3.8, 4) is 0 Å². The van der Waals surface area contributed by atoms with Crippen LogP contribution < -0.4 is 0 Å². The van der Waals surface area contributed by atoms with Crippen molar-refractivity contribution < 1.29 is 39.6 Å². The maximum atomic E-state index is 11.0. The molecular formula is C11H15NO8. The quantitative estimate of drug-likeness (QED) is 0.452. The van der Waals surface area contributed by atoms with Gasteiger partial charge in [0, 0.05) is 12.1 Å². The van der Waals surface area contributed by atoms with Crippen LogP contribution in [-0.4, -0.2) is 68.3 Å². The molecule has 0 amide bonds. The Morgan fingerprint density at radius 2 is 1.05 bits per heavy atom. The number of carboxylic acid groups (broad SMARTS) is 4. The van der Waals surface area contributed by atoms with Crippen LogP contribution in [0.2, 0.25) is 0 Å². The van der Waals surface area contributed by atoms with Gasteiger partial charge in [-0.05, 0) is 19.9 Å². The molecule has 0 bridgehead atoms. The van der Waals surface area contributed by atoms with Gasteiger partial charge < -0.3 is 20.4 Å². The molecule has 112 valence electrons. The van der Waals surface area contributed by atoms with Gasteiger partial charge in [0.15, 0.2) is 11.8 Å². The van der Waals surface area contributed by atoms with E-state index in [4.69, 9.17) is 20.4 Å². The van der Waals surface area contributed by atoms with Crippen LogP contribution in [0.5, 0.6) is 0 Å². The fourth-order valence-electron chi connectivity index (χ4n) is 2.67. The standard InChI is InChI=1S/C11H15NO8/c1-12-4(6(8(13)14)9(15)16)2-3-5(12)7(10(17)18)11(19)20/h4-7H,2-3H2,1H3,(H,13,14)(H,15,16)(H,17,18)(H,19,20). The van der Waals surface area contributed by atoms with Gasteiger partial charge in [0.25, 0.3) is 0 Å². The summed E-state index contributed by atoms with van der Waals surface area (Å²) in [4.78, 5) is 45.1. The highest BCUT2D eigenvalue weighted by molar-refractivity contribution is 5.95. The molecular weight excluding hydrogens is 274 g/mol. The smallest absolute Gasteiger partial charge is 0.319 e. The number of nitrogens with zero attached hydrogens (tertiary/aromatic N) is 1. The van der Waals surface area contributed by atoms with Gasteiger partial charge in [-0.25, -0.2) is 0 Å². The van der Waals surface area contributed by atoms with Gasteiger partial charge in [-0.3, -0.25) is 24.1 Å². The van der Waals surface area contributed by atoms with Gasteiger partial charge in [0.05, 0.1) is 0 Å². The summed E-state index contributed by atoms with van der Waals surface area (Å²) in [5, 5.41) is 35.7. The SMILES string of the molecule is CN1C(C(C(=O)O)C(=O)O)CCC1C(C(=O)O)C(=O)O. The normalized spacial score (nSPS) is 23.1. The second kappa shape index (κ2) is 5.87. The molecule has 20 heavy (non-hydrogen) atoms. The van der Waals surface area contributed by atoms with E-state index in [2.05, 4.69) is 0 Å². The Morgan fingerprint density at radius 3 is 1.25 bits per heavy atom. The van der Waals surface area contributed by atoms with Crippen molar-refractivity contribution in [3.05, 3.63) is 0 Å². The highest BCUT2D eigenvalue weighted by Gasteiger charge is 2.48. The summed E-state index contributed by atoms with van der Waals surface area (Å²) in [5.41, 5.74) is 0. The van der Waals surface area contributed by atoms with Crippen LogP contribution in [0.15, 0.2) is 0 Å². The zero-order valence-electron chi connectivity index (χ0n) is 10.6. The summed E-state index contributed by atoms with van der Waals surface area (Å²) in [6, 6.07) is -1.87. The van der Waals surface area contributed by atoms with Gasteiger partial charge in [-0.15, -0.1) is 0 Å². The van der Waals surface area contributed by atoms with Crippen molar-refractivity contribution >= 4 is 23.9 Å². The van der Waals surface area contributed by atoms with Gasteiger partial charge in [0.1, 0.15) is 0 Å². The Morgan fingerprint density at radius 1 is 0.800 bits per heavy atom. The number of hydrogen-bond acceptors (Lipinski definition) is 5. The third kappa shape index (κ3) is 2.87. The highest BCUT2D eigenvalue weighted by Crippen LogP contribution is 2.32. The fraction of sp³-hybridized carbons (Fsp3) is 0.636. The molecule has 9 heteroatoms. The molecule has 4 N–H and O–H groups in total. The van der Waals surface area contributed by atoms with Crippen molar-refractivity contribution in [2.24, 2.45) is 11.8 Å². The minimum absolute atomic E-state index is 0.113. The Kier molecular flexibility index (Phi) is 4.66. The van der Waals surface area contributed by atoms with Crippen molar-refractivity contribution in [3.63, 3.8) is 0 Å². The van der Waals surface area contributed by atoms with E-state index in [1.165, 1.54) is 11.9 Å². The first-order valence-corrected chi connectivity index (χ1v) is 5.81. The number of carboxylic acids is 4. The van der Waals surface area contributed by atoms with E-state index in [-0.39, 0.29) is 12.8 Å². The van der Waals surface area contributed by atoms with Crippen LogP contribution in [0.1, 0.15) is 12.8 Å². The predicted octanol–water partition coefficient (Wildman–Crippen LogP) is -0.980. The largest absolute Gasteiger partial charge is 0.481 e. The molecule has 0 spiro atoms. The zero-order chi connectivity index (χ0) is 15.6. The van der Waals surface area contributed by atoms with Gasteiger partial charge >= 0.3 is 23.9 Å². The van der Waals surface area contributed by atoms with Crippen LogP contribution in [0.4, 0.5) is 0 Å². The number of hydrogen-bond donors (Lipinski definition) is 4. The monoisotopic (exact) mass is 289 g/mol. The average molecular weight is 289 g/mol. The molecule has 1 heterocycles. The molecule has 0 aromatic carbocycles. The molecule has 1 fully saturated rings. The Bertz CT molecular complexity index is 380. The van der Waals surface area contributed by atoms with E-state index in [1.807, 2.05) is 0 Å². The van der Waals surface area contributed by atoms with Crippen molar-refractivity contribution in [2.75, 3.05) is 7.05 Å².